The van der Waals surface area contributed by atoms with Crippen molar-refractivity contribution in [1.29, 1.82) is 0 Å². The monoisotopic (exact) mass is 499 g/mol. The van der Waals surface area contributed by atoms with Crippen LogP contribution in [0.1, 0.15) is 34.3 Å². The first kappa shape index (κ1) is 26.9. The van der Waals surface area contributed by atoms with Gasteiger partial charge in [-0.1, -0.05) is 24.3 Å². The van der Waals surface area contributed by atoms with Gasteiger partial charge in [-0.15, -0.1) is 0 Å². The molecule has 37 heavy (non-hydrogen) atoms. The quantitative estimate of drug-likeness (QED) is 0.172. The predicted octanol–water partition coefficient (Wildman–Crippen LogP) is 3.90. The normalized spacial score (nSPS) is 10.9. The summed E-state index contributed by atoms with van der Waals surface area (Å²) in [6, 6.07) is 22.7. The molecule has 0 spiro atoms. The van der Waals surface area contributed by atoms with Crippen molar-refractivity contribution in [3.05, 3.63) is 89.5 Å². The third-order valence-electron chi connectivity index (χ3n) is 5.40. The summed E-state index contributed by atoms with van der Waals surface area (Å²) >= 11 is 0. The number of nitrogens with one attached hydrogen (secondary N) is 4. The van der Waals surface area contributed by atoms with Crippen LogP contribution in [-0.4, -0.2) is 51.9 Å². The van der Waals surface area contributed by atoms with Crippen molar-refractivity contribution < 1.29 is 9.59 Å². The van der Waals surface area contributed by atoms with Gasteiger partial charge in [-0.2, -0.15) is 10.2 Å². The summed E-state index contributed by atoms with van der Waals surface area (Å²) < 4.78 is 0. The third-order valence-corrected chi connectivity index (χ3v) is 5.40. The van der Waals surface area contributed by atoms with E-state index in [0.29, 0.717) is 24.9 Å². The molecule has 0 aromatic heterocycles. The van der Waals surface area contributed by atoms with Crippen molar-refractivity contribution in [2.45, 2.75) is 12.8 Å². The fourth-order valence-electron chi connectivity index (χ4n) is 3.34. The van der Waals surface area contributed by atoms with Crippen LogP contribution in [0, 0.1) is 0 Å². The van der Waals surface area contributed by atoms with Gasteiger partial charge in [-0.05, 0) is 66.1 Å². The maximum atomic E-state index is 12.3. The highest BCUT2D eigenvalue weighted by Crippen LogP contribution is 2.12. The van der Waals surface area contributed by atoms with Gasteiger partial charge >= 0.3 is 0 Å². The van der Waals surface area contributed by atoms with Crippen molar-refractivity contribution in [3.8, 4) is 0 Å². The maximum absolute atomic E-state index is 12.3. The van der Waals surface area contributed by atoms with Crippen molar-refractivity contribution in [3.63, 3.8) is 0 Å². The zero-order chi connectivity index (χ0) is 26.5. The number of hydrogen-bond donors (Lipinski definition) is 4. The van der Waals surface area contributed by atoms with Crippen LogP contribution in [0.5, 0.6) is 0 Å². The van der Waals surface area contributed by atoms with E-state index in [1.54, 1.807) is 24.6 Å². The Kier molecular flexibility index (Phi) is 10.2. The SMILES string of the molecule is CNc1cccc(/C=N/NC(=O)c2ccc(NCCCC(=O)N/N=C/c3cccc(N(C)C)c3)cc2)c1. The molecule has 0 aliphatic heterocycles. The van der Waals surface area contributed by atoms with Crippen LogP contribution in [0.25, 0.3) is 0 Å². The van der Waals surface area contributed by atoms with E-state index >= 15 is 0 Å². The van der Waals surface area contributed by atoms with Crippen molar-refractivity contribution in [2.24, 2.45) is 10.2 Å². The number of nitrogens with zero attached hydrogens (tertiary/aromatic N) is 3. The average Bonchev–Trinajstić information content (AvgIpc) is 2.91. The first-order valence-electron chi connectivity index (χ1n) is 12.0. The highest BCUT2D eigenvalue weighted by Gasteiger charge is 2.05. The molecule has 2 amide bonds. The number of hydrogen-bond acceptors (Lipinski definition) is 7. The number of amides is 2. The molecule has 0 fully saturated rings. The van der Waals surface area contributed by atoms with Gasteiger partial charge in [-0.3, -0.25) is 9.59 Å². The number of benzene rings is 3. The molecular formula is C28H33N7O2. The van der Waals surface area contributed by atoms with Gasteiger partial charge in [0.25, 0.3) is 5.91 Å². The smallest absolute Gasteiger partial charge is 0.271 e. The fraction of sp³-hybridized carbons (Fsp3) is 0.214. The number of carbonyl (C=O) groups is 2. The Morgan fingerprint density at radius 2 is 1.51 bits per heavy atom. The fourth-order valence-corrected chi connectivity index (χ4v) is 3.34. The minimum absolute atomic E-state index is 0.146. The van der Waals surface area contributed by atoms with E-state index in [9.17, 15) is 9.59 Å². The standard InChI is InChI=1S/C28H33N7O2/c1-29-25-9-4-7-21(17-25)19-32-34-28(37)23-12-14-24(15-13-23)30-16-6-11-27(36)33-31-20-22-8-5-10-26(18-22)35(2)3/h4-5,7-10,12-15,17-20,29-30H,6,11,16H2,1-3H3,(H,33,36)(H,34,37)/b31-20+,32-19+. The van der Waals surface area contributed by atoms with Gasteiger partial charge in [0, 0.05) is 56.7 Å². The summed E-state index contributed by atoms with van der Waals surface area (Å²) in [4.78, 5) is 26.3. The molecule has 4 N–H and O–H groups in total. The molecule has 3 aromatic carbocycles. The number of anilines is 3. The molecule has 0 bridgehead atoms. The van der Waals surface area contributed by atoms with Gasteiger partial charge in [0.1, 0.15) is 0 Å². The van der Waals surface area contributed by atoms with Gasteiger partial charge in [0.15, 0.2) is 0 Å². The lowest BCUT2D eigenvalue weighted by Gasteiger charge is -2.12. The number of hydrazone groups is 2. The van der Waals surface area contributed by atoms with E-state index in [-0.39, 0.29) is 11.8 Å². The summed E-state index contributed by atoms with van der Waals surface area (Å²) in [5.74, 6) is -0.440. The Labute approximate surface area is 217 Å². The van der Waals surface area contributed by atoms with E-state index in [1.807, 2.05) is 86.7 Å². The summed E-state index contributed by atoms with van der Waals surface area (Å²) in [6.07, 6.45) is 4.22. The molecule has 0 aliphatic carbocycles. The summed E-state index contributed by atoms with van der Waals surface area (Å²) in [5, 5.41) is 14.4. The maximum Gasteiger partial charge on any atom is 0.271 e. The van der Waals surface area contributed by atoms with Gasteiger partial charge in [0.05, 0.1) is 12.4 Å². The second-order valence-corrected chi connectivity index (χ2v) is 8.46. The van der Waals surface area contributed by atoms with Crippen LogP contribution >= 0.6 is 0 Å². The highest BCUT2D eigenvalue weighted by atomic mass is 16.2. The van der Waals surface area contributed by atoms with Crippen LogP contribution in [0.3, 0.4) is 0 Å². The molecule has 192 valence electrons. The molecule has 9 heteroatoms. The molecule has 0 heterocycles. The molecule has 0 radical (unpaired) electrons. The molecule has 0 unspecified atom stereocenters. The summed E-state index contributed by atoms with van der Waals surface area (Å²) in [7, 11) is 5.79. The lowest BCUT2D eigenvalue weighted by molar-refractivity contribution is -0.121. The molecule has 0 atom stereocenters. The Morgan fingerprint density at radius 1 is 0.838 bits per heavy atom. The van der Waals surface area contributed by atoms with Crippen molar-refractivity contribution >= 4 is 41.3 Å². The highest BCUT2D eigenvalue weighted by molar-refractivity contribution is 5.95. The molecular weight excluding hydrogens is 466 g/mol. The minimum atomic E-state index is -0.293. The first-order valence-corrected chi connectivity index (χ1v) is 12.0. The lowest BCUT2D eigenvalue weighted by atomic mass is 10.2. The molecule has 0 saturated heterocycles. The Hall–Kier alpha value is -4.66. The lowest BCUT2D eigenvalue weighted by Crippen LogP contribution is -2.18. The van der Waals surface area contributed by atoms with Gasteiger partial charge < -0.3 is 15.5 Å². The van der Waals surface area contributed by atoms with E-state index in [0.717, 1.165) is 28.2 Å². The second-order valence-electron chi connectivity index (χ2n) is 8.46. The number of carbonyl (C=O) groups excluding carboxylic acids is 2. The predicted molar refractivity (Wildman–Crippen MR) is 152 cm³/mol. The van der Waals surface area contributed by atoms with Gasteiger partial charge in [-0.25, -0.2) is 10.9 Å². The molecule has 0 saturated carbocycles. The second kappa shape index (κ2) is 14.0. The van der Waals surface area contributed by atoms with Crippen LogP contribution < -0.4 is 26.4 Å². The van der Waals surface area contributed by atoms with Crippen LogP contribution in [-0.2, 0) is 4.79 Å². The Balaban J connectivity index is 1.35. The average molecular weight is 500 g/mol. The number of rotatable bonds is 12. The Morgan fingerprint density at radius 3 is 2.22 bits per heavy atom. The molecule has 3 aromatic rings. The van der Waals surface area contributed by atoms with E-state index in [4.69, 9.17) is 0 Å². The summed E-state index contributed by atoms with van der Waals surface area (Å²) in [5.41, 5.74) is 10.3. The van der Waals surface area contributed by atoms with Crippen molar-refractivity contribution in [1.82, 2.24) is 10.9 Å². The Bertz CT molecular complexity index is 1240. The van der Waals surface area contributed by atoms with Crippen LogP contribution in [0.4, 0.5) is 17.1 Å². The zero-order valence-electron chi connectivity index (χ0n) is 21.4. The van der Waals surface area contributed by atoms with E-state index in [1.165, 1.54) is 0 Å². The van der Waals surface area contributed by atoms with Crippen LogP contribution in [0.15, 0.2) is 83.0 Å². The van der Waals surface area contributed by atoms with Crippen molar-refractivity contribution in [2.75, 3.05) is 43.2 Å². The first-order chi connectivity index (χ1) is 17.9. The molecule has 0 aliphatic rings. The van der Waals surface area contributed by atoms with E-state index in [2.05, 4.69) is 31.7 Å². The zero-order valence-corrected chi connectivity index (χ0v) is 21.4. The largest absolute Gasteiger partial charge is 0.388 e. The van der Waals surface area contributed by atoms with Crippen LogP contribution in [0.2, 0.25) is 0 Å². The molecule has 3 rings (SSSR count). The van der Waals surface area contributed by atoms with E-state index < -0.39 is 0 Å². The van der Waals surface area contributed by atoms with Gasteiger partial charge in [0.2, 0.25) is 5.91 Å². The molecule has 9 nitrogen and oxygen atoms in total. The third kappa shape index (κ3) is 9.14. The topological polar surface area (TPSA) is 110 Å². The summed E-state index contributed by atoms with van der Waals surface area (Å²) in [6.45, 7) is 0.615. The minimum Gasteiger partial charge on any atom is -0.388 e.